The Labute approximate surface area is 140 Å². The standard InChI is InChI=1S/C15H18N4O4S/c1-9-14(10(2)17-15(16-9)23-4)19-24(21,22)13-7-5-12(6-8-13)18-11(3)20/h5-8,19H,1-4H3,(H,18,20). The summed E-state index contributed by atoms with van der Waals surface area (Å²) in [4.78, 5) is 19.2. The Morgan fingerprint density at radius 2 is 1.62 bits per heavy atom. The summed E-state index contributed by atoms with van der Waals surface area (Å²) in [6.45, 7) is 4.70. The van der Waals surface area contributed by atoms with Crippen molar-refractivity contribution in [3.05, 3.63) is 35.7 Å². The molecule has 2 N–H and O–H groups in total. The molecule has 0 spiro atoms. The van der Waals surface area contributed by atoms with Crippen LogP contribution in [-0.4, -0.2) is 31.4 Å². The number of anilines is 2. The first-order valence-corrected chi connectivity index (χ1v) is 8.51. The van der Waals surface area contributed by atoms with Crippen molar-refractivity contribution < 1.29 is 17.9 Å². The van der Waals surface area contributed by atoms with Crippen LogP contribution in [0.1, 0.15) is 18.3 Å². The Hall–Kier alpha value is -2.68. The highest BCUT2D eigenvalue weighted by Gasteiger charge is 2.18. The van der Waals surface area contributed by atoms with Gasteiger partial charge in [0.15, 0.2) is 0 Å². The Bertz CT molecular complexity index is 841. The van der Waals surface area contributed by atoms with E-state index in [4.69, 9.17) is 4.74 Å². The predicted molar refractivity (Wildman–Crippen MR) is 89.6 cm³/mol. The summed E-state index contributed by atoms with van der Waals surface area (Å²) in [5.41, 5.74) is 1.74. The largest absolute Gasteiger partial charge is 0.467 e. The van der Waals surface area contributed by atoms with E-state index in [1.54, 1.807) is 13.8 Å². The third-order valence-corrected chi connectivity index (χ3v) is 4.52. The number of carbonyl (C=O) groups excluding carboxylic acids is 1. The zero-order chi connectivity index (χ0) is 17.9. The number of sulfonamides is 1. The molecule has 1 aromatic heterocycles. The van der Waals surface area contributed by atoms with Gasteiger partial charge in [-0.25, -0.2) is 8.42 Å². The lowest BCUT2D eigenvalue weighted by atomic mass is 10.3. The van der Waals surface area contributed by atoms with Crippen LogP contribution in [-0.2, 0) is 14.8 Å². The van der Waals surface area contributed by atoms with E-state index in [1.807, 2.05) is 0 Å². The number of aromatic nitrogens is 2. The molecule has 1 aromatic carbocycles. The van der Waals surface area contributed by atoms with Gasteiger partial charge in [0.05, 0.1) is 29.1 Å². The number of benzene rings is 1. The average molecular weight is 350 g/mol. The molecule has 0 aliphatic heterocycles. The van der Waals surface area contributed by atoms with Crippen LogP contribution in [0.4, 0.5) is 11.4 Å². The molecule has 0 atom stereocenters. The van der Waals surface area contributed by atoms with Crippen LogP contribution in [0.3, 0.4) is 0 Å². The van der Waals surface area contributed by atoms with E-state index >= 15 is 0 Å². The number of aryl methyl sites for hydroxylation is 2. The van der Waals surface area contributed by atoms with Crippen molar-refractivity contribution in [2.75, 3.05) is 17.1 Å². The number of nitrogens with zero attached hydrogens (tertiary/aromatic N) is 2. The topological polar surface area (TPSA) is 110 Å². The van der Waals surface area contributed by atoms with Gasteiger partial charge in [0.2, 0.25) is 5.91 Å². The number of rotatable bonds is 5. The van der Waals surface area contributed by atoms with Crippen LogP contribution in [0, 0.1) is 13.8 Å². The maximum absolute atomic E-state index is 12.5. The molecule has 0 fully saturated rings. The Kier molecular flexibility index (Phi) is 5.03. The molecule has 128 valence electrons. The average Bonchev–Trinajstić information content (AvgIpc) is 2.50. The van der Waals surface area contributed by atoms with Gasteiger partial charge in [-0.15, -0.1) is 0 Å². The second kappa shape index (κ2) is 6.83. The fourth-order valence-electron chi connectivity index (χ4n) is 2.04. The molecule has 2 rings (SSSR count). The van der Waals surface area contributed by atoms with Crippen molar-refractivity contribution in [3.8, 4) is 6.01 Å². The monoisotopic (exact) mass is 350 g/mol. The van der Waals surface area contributed by atoms with Crippen LogP contribution in [0.25, 0.3) is 0 Å². The van der Waals surface area contributed by atoms with Crippen LogP contribution >= 0.6 is 0 Å². The maximum Gasteiger partial charge on any atom is 0.316 e. The molecule has 24 heavy (non-hydrogen) atoms. The summed E-state index contributed by atoms with van der Waals surface area (Å²) in [5.74, 6) is -0.231. The van der Waals surface area contributed by atoms with Crippen molar-refractivity contribution in [3.63, 3.8) is 0 Å². The number of hydrogen-bond donors (Lipinski definition) is 2. The first-order chi connectivity index (χ1) is 11.2. The number of amides is 1. The van der Waals surface area contributed by atoms with Crippen molar-refractivity contribution in [2.45, 2.75) is 25.7 Å². The zero-order valence-electron chi connectivity index (χ0n) is 13.7. The first-order valence-electron chi connectivity index (χ1n) is 7.02. The molecule has 0 saturated heterocycles. The van der Waals surface area contributed by atoms with E-state index in [0.29, 0.717) is 22.8 Å². The molecule has 9 heteroatoms. The molecule has 0 aliphatic carbocycles. The quantitative estimate of drug-likeness (QED) is 0.851. The van der Waals surface area contributed by atoms with Gasteiger partial charge in [-0.1, -0.05) is 0 Å². The second-order valence-electron chi connectivity index (χ2n) is 5.07. The Morgan fingerprint density at radius 3 is 2.08 bits per heavy atom. The van der Waals surface area contributed by atoms with Gasteiger partial charge < -0.3 is 10.1 Å². The maximum atomic E-state index is 12.5. The highest BCUT2D eigenvalue weighted by Crippen LogP contribution is 2.23. The van der Waals surface area contributed by atoms with Crippen molar-refractivity contribution >= 4 is 27.3 Å². The smallest absolute Gasteiger partial charge is 0.316 e. The molecular weight excluding hydrogens is 332 g/mol. The number of methoxy groups -OCH3 is 1. The van der Waals surface area contributed by atoms with Crippen molar-refractivity contribution in [2.24, 2.45) is 0 Å². The van der Waals surface area contributed by atoms with Gasteiger partial charge in [-0.2, -0.15) is 9.97 Å². The van der Waals surface area contributed by atoms with Crippen LogP contribution in [0.15, 0.2) is 29.2 Å². The SMILES string of the molecule is COc1nc(C)c(NS(=O)(=O)c2ccc(NC(C)=O)cc2)c(C)n1. The molecule has 0 aliphatic rings. The van der Waals surface area contributed by atoms with Crippen LogP contribution < -0.4 is 14.8 Å². The third kappa shape index (κ3) is 3.99. The molecular formula is C15H18N4O4S. The lowest BCUT2D eigenvalue weighted by Crippen LogP contribution is -2.16. The van der Waals surface area contributed by atoms with Crippen LogP contribution in [0.2, 0.25) is 0 Å². The van der Waals surface area contributed by atoms with Crippen molar-refractivity contribution in [1.82, 2.24) is 9.97 Å². The van der Waals surface area contributed by atoms with Gasteiger partial charge in [-0.05, 0) is 38.1 Å². The summed E-state index contributed by atoms with van der Waals surface area (Å²) in [5, 5.41) is 2.58. The number of nitrogens with one attached hydrogen (secondary N) is 2. The van der Waals surface area contributed by atoms with Gasteiger partial charge in [0.25, 0.3) is 10.0 Å². The summed E-state index contributed by atoms with van der Waals surface area (Å²) in [7, 11) is -2.37. The number of carbonyl (C=O) groups is 1. The predicted octanol–water partition coefficient (Wildman–Crippen LogP) is 1.86. The van der Waals surface area contributed by atoms with E-state index in [-0.39, 0.29) is 16.8 Å². The molecule has 1 amide bonds. The van der Waals surface area contributed by atoms with Crippen molar-refractivity contribution in [1.29, 1.82) is 0 Å². The third-order valence-electron chi connectivity index (χ3n) is 3.15. The summed E-state index contributed by atoms with van der Waals surface area (Å²) >= 11 is 0. The minimum Gasteiger partial charge on any atom is -0.467 e. The fourth-order valence-corrected chi connectivity index (χ4v) is 3.21. The van der Waals surface area contributed by atoms with E-state index in [9.17, 15) is 13.2 Å². The van der Waals surface area contributed by atoms with E-state index in [1.165, 1.54) is 38.3 Å². The van der Waals surface area contributed by atoms with Gasteiger partial charge >= 0.3 is 6.01 Å². The first kappa shape index (κ1) is 17.7. The van der Waals surface area contributed by atoms with Gasteiger partial charge in [-0.3, -0.25) is 9.52 Å². The van der Waals surface area contributed by atoms with E-state index < -0.39 is 10.0 Å². The molecule has 0 bridgehead atoms. The molecule has 0 unspecified atom stereocenters. The molecule has 0 radical (unpaired) electrons. The minimum atomic E-state index is -3.81. The lowest BCUT2D eigenvalue weighted by Gasteiger charge is -2.13. The highest BCUT2D eigenvalue weighted by molar-refractivity contribution is 7.92. The minimum absolute atomic E-state index is 0.0613. The molecule has 8 nitrogen and oxygen atoms in total. The fraction of sp³-hybridized carbons (Fsp3) is 0.267. The normalized spacial score (nSPS) is 11.0. The zero-order valence-corrected chi connectivity index (χ0v) is 14.6. The van der Waals surface area contributed by atoms with E-state index in [0.717, 1.165) is 0 Å². The van der Waals surface area contributed by atoms with Crippen LogP contribution in [0.5, 0.6) is 6.01 Å². The Balaban J connectivity index is 2.30. The second-order valence-corrected chi connectivity index (χ2v) is 6.75. The highest BCUT2D eigenvalue weighted by atomic mass is 32.2. The number of hydrogen-bond acceptors (Lipinski definition) is 6. The van der Waals surface area contributed by atoms with E-state index in [2.05, 4.69) is 20.0 Å². The molecule has 0 saturated carbocycles. The summed E-state index contributed by atoms with van der Waals surface area (Å²) in [6, 6.07) is 6.01. The summed E-state index contributed by atoms with van der Waals surface area (Å²) in [6.07, 6.45) is 0. The Morgan fingerprint density at radius 1 is 1.08 bits per heavy atom. The number of ether oxygens (including phenoxy) is 1. The van der Waals surface area contributed by atoms with Gasteiger partial charge in [0.1, 0.15) is 0 Å². The molecule has 1 heterocycles. The molecule has 2 aromatic rings. The lowest BCUT2D eigenvalue weighted by molar-refractivity contribution is -0.114. The van der Waals surface area contributed by atoms with Gasteiger partial charge in [0, 0.05) is 12.6 Å². The summed E-state index contributed by atoms with van der Waals surface area (Å²) < 4.78 is 32.5.